The average Bonchev–Trinajstić information content (AvgIpc) is 2.46. The third-order valence-corrected chi connectivity index (χ3v) is 2.70. The van der Waals surface area contributed by atoms with Crippen molar-refractivity contribution in [3.8, 4) is 6.07 Å². The summed E-state index contributed by atoms with van der Waals surface area (Å²) in [6, 6.07) is 2.07. The average molecular weight is 213 g/mol. The normalized spacial score (nSPS) is 12.1. The molecule has 14 heavy (non-hydrogen) atoms. The number of hydrogen-bond acceptors (Lipinski definition) is 4. The Morgan fingerprint density at radius 1 is 1.71 bits per heavy atom. The lowest BCUT2D eigenvalue weighted by Crippen LogP contribution is -2.06. The standard InChI is InChI=1S/C9H12FN3S/c1-6(10)3-4-12-9-8(5-11)7(2)13-14-9/h6,12H,3-4H2,1-2H3. The minimum absolute atomic E-state index is 0.446. The number of aryl methyl sites for hydroxylation is 1. The van der Waals surface area contributed by atoms with Crippen molar-refractivity contribution in [1.82, 2.24) is 4.37 Å². The summed E-state index contributed by atoms with van der Waals surface area (Å²) in [6.45, 7) is 3.84. The molecule has 0 aliphatic carbocycles. The Morgan fingerprint density at radius 3 is 3.00 bits per heavy atom. The van der Waals surface area contributed by atoms with Gasteiger partial charge in [0.1, 0.15) is 16.6 Å². The van der Waals surface area contributed by atoms with Gasteiger partial charge in [-0.05, 0) is 31.8 Å². The molecule has 0 radical (unpaired) electrons. The highest BCUT2D eigenvalue weighted by molar-refractivity contribution is 7.10. The Balaban J connectivity index is 2.55. The number of anilines is 1. The van der Waals surface area contributed by atoms with Crippen LogP contribution in [0, 0.1) is 18.3 Å². The van der Waals surface area contributed by atoms with Crippen LogP contribution in [0.3, 0.4) is 0 Å². The molecule has 5 heteroatoms. The predicted molar refractivity (Wildman–Crippen MR) is 55.2 cm³/mol. The zero-order chi connectivity index (χ0) is 10.6. The second-order valence-electron chi connectivity index (χ2n) is 3.08. The molecular formula is C9H12FN3S. The summed E-state index contributed by atoms with van der Waals surface area (Å²) in [7, 11) is 0. The van der Waals surface area contributed by atoms with Gasteiger partial charge in [-0.25, -0.2) is 4.39 Å². The molecule has 1 rings (SSSR count). The van der Waals surface area contributed by atoms with Crippen molar-refractivity contribution in [2.24, 2.45) is 0 Å². The molecule has 3 nitrogen and oxygen atoms in total. The molecule has 0 aliphatic heterocycles. The Kier molecular flexibility index (Phi) is 3.84. The van der Waals surface area contributed by atoms with Crippen LogP contribution in [0.5, 0.6) is 0 Å². The molecule has 0 aliphatic rings. The first kappa shape index (κ1) is 10.9. The van der Waals surface area contributed by atoms with Crippen molar-refractivity contribution in [1.29, 1.82) is 5.26 Å². The quantitative estimate of drug-likeness (QED) is 0.835. The van der Waals surface area contributed by atoms with Gasteiger partial charge in [0.25, 0.3) is 0 Å². The molecule has 0 fully saturated rings. The van der Waals surface area contributed by atoms with Crippen LogP contribution in [-0.2, 0) is 0 Å². The van der Waals surface area contributed by atoms with E-state index in [1.54, 1.807) is 6.92 Å². The molecule has 1 atom stereocenters. The number of alkyl halides is 1. The van der Waals surface area contributed by atoms with Gasteiger partial charge in [-0.1, -0.05) is 0 Å². The first-order valence-corrected chi connectivity index (χ1v) is 5.16. The molecule has 1 heterocycles. The Bertz CT molecular complexity index is 340. The monoisotopic (exact) mass is 213 g/mol. The van der Waals surface area contributed by atoms with Crippen LogP contribution in [0.25, 0.3) is 0 Å². The zero-order valence-electron chi connectivity index (χ0n) is 8.17. The number of hydrogen-bond donors (Lipinski definition) is 1. The van der Waals surface area contributed by atoms with E-state index in [4.69, 9.17) is 5.26 Å². The van der Waals surface area contributed by atoms with Gasteiger partial charge in [0, 0.05) is 6.54 Å². The van der Waals surface area contributed by atoms with Crippen molar-refractivity contribution < 1.29 is 4.39 Å². The van der Waals surface area contributed by atoms with E-state index in [2.05, 4.69) is 15.8 Å². The maximum Gasteiger partial charge on any atom is 0.127 e. The molecule has 1 N–H and O–H groups in total. The molecule has 1 aromatic rings. The van der Waals surface area contributed by atoms with Crippen LogP contribution in [-0.4, -0.2) is 17.1 Å². The van der Waals surface area contributed by atoms with E-state index in [-0.39, 0.29) is 0 Å². The van der Waals surface area contributed by atoms with E-state index in [9.17, 15) is 4.39 Å². The highest BCUT2D eigenvalue weighted by Crippen LogP contribution is 2.23. The Labute approximate surface area is 86.7 Å². The molecule has 1 aromatic heterocycles. The van der Waals surface area contributed by atoms with E-state index in [0.717, 1.165) is 10.7 Å². The van der Waals surface area contributed by atoms with Gasteiger partial charge in [-0.2, -0.15) is 9.64 Å². The summed E-state index contributed by atoms with van der Waals surface area (Å²) < 4.78 is 16.5. The van der Waals surface area contributed by atoms with Gasteiger partial charge < -0.3 is 5.32 Å². The number of nitrogens with zero attached hydrogens (tertiary/aromatic N) is 2. The minimum atomic E-state index is -0.818. The third kappa shape index (κ3) is 2.67. The second-order valence-corrected chi connectivity index (χ2v) is 3.85. The topological polar surface area (TPSA) is 48.7 Å². The van der Waals surface area contributed by atoms with Crippen molar-refractivity contribution in [2.75, 3.05) is 11.9 Å². The van der Waals surface area contributed by atoms with Crippen molar-refractivity contribution in [3.63, 3.8) is 0 Å². The van der Waals surface area contributed by atoms with Crippen LogP contribution < -0.4 is 5.32 Å². The summed E-state index contributed by atoms with van der Waals surface area (Å²) in [5.74, 6) is 0. The van der Waals surface area contributed by atoms with Gasteiger partial charge in [0.15, 0.2) is 0 Å². The number of aromatic nitrogens is 1. The smallest absolute Gasteiger partial charge is 0.127 e. The Morgan fingerprint density at radius 2 is 2.43 bits per heavy atom. The largest absolute Gasteiger partial charge is 0.374 e. The highest BCUT2D eigenvalue weighted by Gasteiger charge is 2.09. The van der Waals surface area contributed by atoms with Gasteiger partial charge in [-0.15, -0.1) is 0 Å². The Hall–Kier alpha value is -1.15. The van der Waals surface area contributed by atoms with E-state index in [0.29, 0.717) is 18.5 Å². The zero-order valence-corrected chi connectivity index (χ0v) is 8.99. The lowest BCUT2D eigenvalue weighted by atomic mass is 10.2. The van der Waals surface area contributed by atoms with E-state index >= 15 is 0 Å². The van der Waals surface area contributed by atoms with Crippen molar-refractivity contribution in [2.45, 2.75) is 26.4 Å². The lowest BCUT2D eigenvalue weighted by molar-refractivity contribution is 0.348. The fraction of sp³-hybridized carbons (Fsp3) is 0.556. The molecule has 0 bridgehead atoms. The van der Waals surface area contributed by atoms with Gasteiger partial charge >= 0.3 is 0 Å². The van der Waals surface area contributed by atoms with Crippen LogP contribution in [0.4, 0.5) is 9.39 Å². The van der Waals surface area contributed by atoms with Crippen LogP contribution in [0.1, 0.15) is 24.6 Å². The van der Waals surface area contributed by atoms with Gasteiger partial charge in [0.05, 0.1) is 11.9 Å². The van der Waals surface area contributed by atoms with Gasteiger partial charge in [-0.3, -0.25) is 0 Å². The summed E-state index contributed by atoms with van der Waals surface area (Å²) in [5.41, 5.74) is 1.30. The van der Waals surface area contributed by atoms with Crippen LogP contribution >= 0.6 is 11.5 Å². The summed E-state index contributed by atoms with van der Waals surface area (Å²) in [5, 5.41) is 12.6. The van der Waals surface area contributed by atoms with Crippen LogP contribution in [0.15, 0.2) is 0 Å². The molecule has 1 unspecified atom stereocenters. The first-order chi connectivity index (χ1) is 6.65. The van der Waals surface area contributed by atoms with Crippen molar-refractivity contribution in [3.05, 3.63) is 11.3 Å². The molecule has 76 valence electrons. The highest BCUT2D eigenvalue weighted by atomic mass is 32.1. The number of rotatable bonds is 4. The van der Waals surface area contributed by atoms with E-state index in [1.807, 2.05) is 0 Å². The van der Waals surface area contributed by atoms with E-state index in [1.165, 1.54) is 18.5 Å². The molecular weight excluding hydrogens is 201 g/mol. The molecule has 0 aromatic carbocycles. The predicted octanol–water partition coefficient (Wildman–Crippen LogP) is 2.48. The molecule has 0 saturated heterocycles. The van der Waals surface area contributed by atoms with Gasteiger partial charge in [0.2, 0.25) is 0 Å². The summed E-state index contributed by atoms with van der Waals surface area (Å²) in [4.78, 5) is 0. The summed E-state index contributed by atoms with van der Waals surface area (Å²) >= 11 is 1.25. The maximum absolute atomic E-state index is 12.5. The fourth-order valence-electron chi connectivity index (χ4n) is 1.01. The SMILES string of the molecule is Cc1nsc(NCCC(C)F)c1C#N. The fourth-order valence-corrected chi connectivity index (χ4v) is 1.78. The maximum atomic E-state index is 12.5. The summed E-state index contributed by atoms with van der Waals surface area (Å²) in [6.07, 6.45) is -0.371. The number of halogens is 1. The second kappa shape index (κ2) is 4.91. The first-order valence-electron chi connectivity index (χ1n) is 4.39. The number of nitriles is 1. The minimum Gasteiger partial charge on any atom is -0.374 e. The van der Waals surface area contributed by atoms with Crippen LogP contribution in [0.2, 0.25) is 0 Å². The lowest BCUT2D eigenvalue weighted by Gasteiger charge is -2.03. The molecule has 0 amide bonds. The number of nitrogens with one attached hydrogen (secondary N) is 1. The van der Waals surface area contributed by atoms with E-state index < -0.39 is 6.17 Å². The third-order valence-electron chi connectivity index (χ3n) is 1.80. The molecule has 0 saturated carbocycles. The van der Waals surface area contributed by atoms with Crippen molar-refractivity contribution >= 4 is 16.5 Å². The molecule has 0 spiro atoms.